The Morgan fingerprint density at radius 1 is 1.20 bits per heavy atom. The Morgan fingerprint density at radius 3 is 2.13 bits per heavy atom. The number of nitrogens with two attached hydrogens (primary N) is 2. The Morgan fingerprint density at radius 2 is 1.73 bits per heavy atom. The van der Waals surface area contributed by atoms with Crippen LogP contribution in [-0.4, -0.2) is 4.98 Å². The average molecular weight is 227 g/mol. The van der Waals surface area contributed by atoms with Crippen LogP contribution in [0.4, 0.5) is 33.5 Å². The molecule has 4 N–H and O–H groups in total. The number of hydrogen-bond acceptors (Lipinski definition) is 3. The fourth-order valence-electron chi connectivity index (χ4n) is 1.04. The summed E-state index contributed by atoms with van der Waals surface area (Å²) in [6.45, 7) is 0. The molecule has 0 unspecified atom stereocenters. The Kier molecular flexibility index (Phi) is 2.69. The van der Waals surface area contributed by atoms with Gasteiger partial charge in [-0.3, -0.25) is 0 Å². The number of pyridine rings is 1. The van der Waals surface area contributed by atoms with Crippen molar-refractivity contribution in [2.45, 2.75) is 12.6 Å². The van der Waals surface area contributed by atoms with Crippen LogP contribution in [0.15, 0.2) is 6.07 Å². The van der Waals surface area contributed by atoms with E-state index in [-0.39, 0.29) is 0 Å². The number of nitrogens with zero attached hydrogens (tertiary/aromatic N) is 1. The lowest BCUT2D eigenvalue weighted by molar-refractivity contribution is -0.143. The number of nitrogen functional groups attached to an aromatic ring is 2. The molecule has 0 aromatic carbocycles. The molecule has 15 heavy (non-hydrogen) atoms. The number of alkyl halides is 5. The molecular formula is C7H6F5N3. The summed E-state index contributed by atoms with van der Waals surface area (Å²) in [5.74, 6) is -0.552. The van der Waals surface area contributed by atoms with Crippen LogP contribution in [0.2, 0.25) is 0 Å². The molecule has 0 aliphatic carbocycles. The van der Waals surface area contributed by atoms with Crippen LogP contribution in [0.1, 0.15) is 17.7 Å². The minimum atomic E-state index is -5.00. The van der Waals surface area contributed by atoms with Gasteiger partial charge in [0.25, 0.3) is 6.43 Å². The second kappa shape index (κ2) is 3.52. The number of rotatable bonds is 1. The van der Waals surface area contributed by atoms with Crippen LogP contribution in [0, 0.1) is 0 Å². The Labute approximate surface area is 80.9 Å². The monoisotopic (exact) mass is 227 g/mol. The highest BCUT2D eigenvalue weighted by molar-refractivity contribution is 5.56. The first-order chi connectivity index (χ1) is 6.73. The fraction of sp³-hybridized carbons (Fsp3) is 0.286. The molecule has 0 fully saturated rings. The normalized spacial score (nSPS) is 12.1. The molecule has 0 amide bonds. The second-order valence-electron chi connectivity index (χ2n) is 2.70. The van der Waals surface area contributed by atoms with E-state index in [9.17, 15) is 22.0 Å². The molecule has 8 heteroatoms. The predicted molar refractivity (Wildman–Crippen MR) is 43.0 cm³/mol. The van der Waals surface area contributed by atoms with Gasteiger partial charge in [-0.05, 0) is 0 Å². The van der Waals surface area contributed by atoms with Gasteiger partial charge in [0.2, 0.25) is 0 Å². The van der Waals surface area contributed by atoms with E-state index in [0.29, 0.717) is 0 Å². The lowest BCUT2D eigenvalue weighted by Gasteiger charge is -2.13. The first-order valence-electron chi connectivity index (χ1n) is 3.64. The maximum Gasteiger partial charge on any atom is 0.433 e. The van der Waals surface area contributed by atoms with E-state index in [1.54, 1.807) is 0 Å². The maximum absolute atomic E-state index is 12.3. The molecule has 0 aliphatic heterocycles. The number of hydrogen-bond donors (Lipinski definition) is 2. The quantitative estimate of drug-likeness (QED) is 0.723. The highest BCUT2D eigenvalue weighted by Gasteiger charge is 2.39. The summed E-state index contributed by atoms with van der Waals surface area (Å²) in [4.78, 5) is 2.82. The molecule has 1 aromatic heterocycles. The molecule has 0 aliphatic rings. The fourth-order valence-corrected chi connectivity index (χ4v) is 1.04. The zero-order valence-electron chi connectivity index (χ0n) is 7.15. The molecule has 0 atom stereocenters. The van der Waals surface area contributed by atoms with E-state index in [1.165, 1.54) is 0 Å². The predicted octanol–water partition coefficient (Wildman–Crippen LogP) is 2.20. The van der Waals surface area contributed by atoms with Gasteiger partial charge in [-0.25, -0.2) is 13.8 Å². The molecular weight excluding hydrogens is 221 g/mol. The van der Waals surface area contributed by atoms with Crippen LogP contribution < -0.4 is 11.5 Å². The van der Waals surface area contributed by atoms with Gasteiger partial charge in [-0.15, -0.1) is 0 Å². The molecule has 0 saturated carbocycles. The van der Waals surface area contributed by atoms with Crippen molar-refractivity contribution in [2.24, 2.45) is 0 Å². The lowest BCUT2D eigenvalue weighted by atomic mass is 10.1. The van der Waals surface area contributed by atoms with Gasteiger partial charge >= 0.3 is 6.18 Å². The van der Waals surface area contributed by atoms with Gasteiger partial charge in [0.1, 0.15) is 5.82 Å². The standard InChI is InChI=1S/C7H6F5N3/c8-6(9)4-2(13)1-3(14)15-5(4)7(10,11)12/h1,6H,(H4,13,14,15). The van der Waals surface area contributed by atoms with Crippen LogP contribution in [0.25, 0.3) is 0 Å². The van der Waals surface area contributed by atoms with Gasteiger partial charge in [0.05, 0.1) is 5.56 Å². The van der Waals surface area contributed by atoms with E-state index >= 15 is 0 Å². The summed E-state index contributed by atoms with van der Waals surface area (Å²) in [6, 6.07) is 0.761. The smallest absolute Gasteiger partial charge is 0.398 e. The van der Waals surface area contributed by atoms with Crippen molar-refractivity contribution in [1.29, 1.82) is 0 Å². The lowest BCUT2D eigenvalue weighted by Crippen LogP contribution is -2.15. The van der Waals surface area contributed by atoms with Crippen molar-refractivity contribution in [3.05, 3.63) is 17.3 Å². The van der Waals surface area contributed by atoms with Gasteiger partial charge in [-0.2, -0.15) is 13.2 Å². The van der Waals surface area contributed by atoms with Crippen molar-refractivity contribution in [3.63, 3.8) is 0 Å². The first-order valence-corrected chi connectivity index (χ1v) is 3.64. The summed E-state index contributed by atoms with van der Waals surface area (Å²) in [5, 5.41) is 0. The van der Waals surface area contributed by atoms with Crippen LogP contribution in [0.5, 0.6) is 0 Å². The SMILES string of the molecule is Nc1cc(N)c(C(F)F)c(C(F)(F)F)n1. The zero-order valence-corrected chi connectivity index (χ0v) is 7.15. The van der Waals surface area contributed by atoms with Gasteiger partial charge in [0.15, 0.2) is 5.69 Å². The second-order valence-corrected chi connectivity index (χ2v) is 2.70. The molecule has 1 heterocycles. The van der Waals surface area contributed by atoms with Crippen molar-refractivity contribution in [3.8, 4) is 0 Å². The van der Waals surface area contributed by atoms with Gasteiger partial charge in [-0.1, -0.05) is 0 Å². The summed E-state index contributed by atoms with van der Waals surface area (Å²) in [7, 11) is 0. The van der Waals surface area contributed by atoms with Crippen molar-refractivity contribution in [2.75, 3.05) is 11.5 Å². The van der Waals surface area contributed by atoms with Crippen molar-refractivity contribution >= 4 is 11.5 Å². The third kappa shape index (κ3) is 2.25. The summed E-state index contributed by atoms with van der Waals surface area (Å²) in [6.07, 6.45) is -8.36. The topological polar surface area (TPSA) is 64.9 Å². The Bertz CT molecular complexity index is 374. The molecule has 1 rings (SSSR count). The van der Waals surface area contributed by atoms with Crippen molar-refractivity contribution in [1.82, 2.24) is 4.98 Å². The van der Waals surface area contributed by atoms with E-state index in [1.807, 2.05) is 0 Å². The van der Waals surface area contributed by atoms with Gasteiger partial charge in [0, 0.05) is 11.8 Å². The highest BCUT2D eigenvalue weighted by atomic mass is 19.4. The zero-order chi connectivity index (χ0) is 11.8. The van der Waals surface area contributed by atoms with E-state index in [4.69, 9.17) is 11.5 Å². The average Bonchev–Trinajstić information content (AvgIpc) is 1.99. The molecule has 84 valence electrons. The van der Waals surface area contributed by atoms with E-state index in [0.717, 1.165) is 6.07 Å². The minimum absolute atomic E-state index is 0.552. The minimum Gasteiger partial charge on any atom is -0.398 e. The summed E-state index contributed by atoms with van der Waals surface area (Å²) < 4.78 is 61.4. The molecule has 1 aromatic rings. The molecule has 0 saturated heterocycles. The summed E-state index contributed by atoms with van der Waals surface area (Å²) in [5.41, 5.74) is 6.21. The molecule has 0 radical (unpaired) electrons. The largest absolute Gasteiger partial charge is 0.433 e. The van der Waals surface area contributed by atoms with Crippen LogP contribution in [-0.2, 0) is 6.18 Å². The molecule has 0 bridgehead atoms. The number of anilines is 2. The summed E-state index contributed by atoms with van der Waals surface area (Å²) >= 11 is 0. The third-order valence-corrected chi connectivity index (χ3v) is 1.60. The number of halogens is 5. The maximum atomic E-state index is 12.3. The van der Waals surface area contributed by atoms with E-state index < -0.39 is 35.4 Å². The molecule has 3 nitrogen and oxygen atoms in total. The number of aromatic nitrogens is 1. The van der Waals surface area contributed by atoms with Crippen molar-refractivity contribution < 1.29 is 22.0 Å². The van der Waals surface area contributed by atoms with Crippen LogP contribution >= 0.6 is 0 Å². The molecule has 0 spiro atoms. The van der Waals surface area contributed by atoms with Gasteiger partial charge < -0.3 is 11.5 Å². The third-order valence-electron chi connectivity index (χ3n) is 1.60. The van der Waals surface area contributed by atoms with Crippen LogP contribution in [0.3, 0.4) is 0 Å². The highest BCUT2D eigenvalue weighted by Crippen LogP contribution is 2.38. The first kappa shape index (κ1) is 11.5. The van der Waals surface area contributed by atoms with E-state index in [2.05, 4.69) is 4.98 Å². The Balaban J connectivity index is 3.47. The Hall–Kier alpha value is -1.60.